The van der Waals surface area contributed by atoms with Crippen LogP contribution in [0, 0.1) is 21.4 Å². The summed E-state index contributed by atoms with van der Waals surface area (Å²) in [5.74, 6) is -0.303. The Kier molecular flexibility index (Phi) is 2.90. The van der Waals surface area contributed by atoms with E-state index in [-0.39, 0.29) is 23.3 Å². The number of Topliss-reactive ketones (excluding diaryl/α,β-unsaturated/α-hetero) is 1. The summed E-state index contributed by atoms with van der Waals surface area (Å²) in [6, 6.07) is 5.44. The van der Waals surface area contributed by atoms with E-state index in [1.165, 1.54) is 24.3 Å². The number of rotatable bonds is 5. The Morgan fingerprint density at radius 1 is 1.48 bits per heavy atom. The zero-order chi connectivity index (χ0) is 15.2. The van der Waals surface area contributed by atoms with Crippen LogP contribution in [0.2, 0.25) is 0 Å². The first-order chi connectivity index (χ1) is 10.0. The number of benzene rings is 1. The molecule has 1 amide bonds. The molecule has 0 radical (unpaired) electrons. The number of nitro groups is 1. The number of hydrogen-bond acceptors (Lipinski definition) is 4. The molecular weight excluding hydrogens is 272 g/mol. The molecule has 6 heteroatoms. The van der Waals surface area contributed by atoms with Crippen molar-refractivity contribution in [3.05, 3.63) is 52.6 Å². The molecule has 1 aliphatic carbocycles. The van der Waals surface area contributed by atoms with E-state index in [1.54, 1.807) is 11.0 Å². The molecule has 1 heterocycles. The van der Waals surface area contributed by atoms with E-state index in [1.807, 2.05) is 0 Å². The molecule has 1 aromatic carbocycles. The summed E-state index contributed by atoms with van der Waals surface area (Å²) < 4.78 is 0. The quantitative estimate of drug-likeness (QED) is 0.272. The van der Waals surface area contributed by atoms with E-state index in [0.29, 0.717) is 25.1 Å². The molecular formula is C15H14N2O4. The van der Waals surface area contributed by atoms with E-state index in [2.05, 4.69) is 6.58 Å². The molecule has 1 aliphatic heterocycles. The summed E-state index contributed by atoms with van der Waals surface area (Å²) in [7, 11) is 0. The Bertz CT molecular complexity index is 652. The highest BCUT2D eigenvalue weighted by molar-refractivity contribution is 6.18. The standard InChI is InChI=1S/C15H14N2O4/c1-2-7-16-9-11-8-15(11,14(16)19)13(18)10-3-5-12(6-4-10)17(20)21/h2-6,11H,1,7-9H2/t11-,15-/m0/s1. The average Bonchev–Trinajstić information content (AvgIpc) is 3.14. The van der Waals surface area contributed by atoms with E-state index in [4.69, 9.17) is 0 Å². The lowest BCUT2D eigenvalue weighted by molar-refractivity contribution is -0.384. The van der Waals surface area contributed by atoms with E-state index in [0.717, 1.165) is 0 Å². The van der Waals surface area contributed by atoms with Crippen LogP contribution in [-0.4, -0.2) is 34.6 Å². The molecule has 0 spiro atoms. The first kappa shape index (κ1) is 13.5. The largest absolute Gasteiger partial charge is 0.338 e. The number of nitrogens with zero attached hydrogens (tertiary/aromatic N) is 2. The van der Waals surface area contributed by atoms with Crippen molar-refractivity contribution >= 4 is 17.4 Å². The molecule has 2 fully saturated rings. The highest BCUT2D eigenvalue weighted by Crippen LogP contribution is 2.60. The molecule has 108 valence electrons. The lowest BCUT2D eigenvalue weighted by atomic mass is 9.93. The average molecular weight is 286 g/mol. The number of ketones is 1. The molecule has 0 bridgehead atoms. The van der Waals surface area contributed by atoms with Crippen LogP contribution in [0.3, 0.4) is 0 Å². The monoisotopic (exact) mass is 286 g/mol. The van der Waals surface area contributed by atoms with Crippen molar-refractivity contribution in [3.63, 3.8) is 0 Å². The molecule has 0 N–H and O–H groups in total. The predicted molar refractivity (Wildman–Crippen MR) is 74.7 cm³/mol. The summed E-state index contributed by atoms with van der Waals surface area (Å²) in [5.41, 5.74) is -0.640. The van der Waals surface area contributed by atoms with Gasteiger partial charge < -0.3 is 4.90 Å². The highest BCUT2D eigenvalue weighted by atomic mass is 16.6. The zero-order valence-electron chi connectivity index (χ0n) is 11.3. The van der Waals surface area contributed by atoms with Crippen LogP contribution in [0.5, 0.6) is 0 Å². The van der Waals surface area contributed by atoms with Gasteiger partial charge in [0, 0.05) is 30.8 Å². The van der Waals surface area contributed by atoms with Gasteiger partial charge in [0.25, 0.3) is 5.69 Å². The predicted octanol–water partition coefficient (Wildman–Crippen LogP) is 1.81. The number of amides is 1. The second-order valence-electron chi connectivity index (χ2n) is 5.50. The van der Waals surface area contributed by atoms with Crippen LogP contribution < -0.4 is 0 Å². The lowest BCUT2D eigenvalue weighted by Crippen LogP contribution is -2.35. The maximum absolute atomic E-state index is 12.6. The topological polar surface area (TPSA) is 80.5 Å². The van der Waals surface area contributed by atoms with Gasteiger partial charge in [-0.25, -0.2) is 0 Å². The molecule has 0 aromatic heterocycles. The summed E-state index contributed by atoms with van der Waals surface area (Å²) >= 11 is 0. The van der Waals surface area contributed by atoms with E-state index in [9.17, 15) is 19.7 Å². The second-order valence-corrected chi connectivity index (χ2v) is 5.50. The third-order valence-corrected chi connectivity index (χ3v) is 4.31. The van der Waals surface area contributed by atoms with Gasteiger partial charge in [-0.2, -0.15) is 0 Å². The Balaban J connectivity index is 1.85. The van der Waals surface area contributed by atoms with Gasteiger partial charge in [-0.3, -0.25) is 19.7 Å². The Labute approximate surface area is 121 Å². The first-order valence-corrected chi connectivity index (χ1v) is 6.70. The maximum Gasteiger partial charge on any atom is 0.269 e. The molecule has 2 atom stereocenters. The van der Waals surface area contributed by atoms with Crippen LogP contribution in [-0.2, 0) is 4.79 Å². The number of likely N-dealkylation sites (tertiary alicyclic amines) is 1. The first-order valence-electron chi connectivity index (χ1n) is 6.70. The van der Waals surface area contributed by atoms with Gasteiger partial charge in [0.05, 0.1) is 4.92 Å². The lowest BCUT2D eigenvalue weighted by Gasteiger charge is -2.18. The number of fused-ring (bicyclic) bond motifs is 1. The molecule has 3 rings (SSSR count). The van der Waals surface area contributed by atoms with Gasteiger partial charge in [0.15, 0.2) is 5.78 Å². The SMILES string of the molecule is C=CCN1C[C@@H]2C[C@]2(C(=O)c2ccc([N+](=O)[O-])cc2)C1=O. The van der Waals surface area contributed by atoms with Gasteiger partial charge in [0.2, 0.25) is 5.91 Å². The van der Waals surface area contributed by atoms with Gasteiger partial charge in [0.1, 0.15) is 5.41 Å². The third kappa shape index (κ3) is 1.86. The number of piperidine rings is 1. The van der Waals surface area contributed by atoms with Crippen molar-refractivity contribution in [2.75, 3.05) is 13.1 Å². The van der Waals surface area contributed by atoms with Crippen LogP contribution >= 0.6 is 0 Å². The fourth-order valence-corrected chi connectivity index (χ4v) is 3.12. The Morgan fingerprint density at radius 2 is 2.14 bits per heavy atom. The minimum Gasteiger partial charge on any atom is -0.338 e. The molecule has 2 aliphatic rings. The fraction of sp³-hybridized carbons (Fsp3) is 0.333. The third-order valence-electron chi connectivity index (χ3n) is 4.31. The van der Waals surface area contributed by atoms with Crippen molar-refractivity contribution < 1.29 is 14.5 Å². The van der Waals surface area contributed by atoms with Crippen LogP contribution in [0.1, 0.15) is 16.8 Å². The minimum absolute atomic E-state index is 0.0626. The minimum atomic E-state index is -0.931. The van der Waals surface area contributed by atoms with E-state index < -0.39 is 10.3 Å². The van der Waals surface area contributed by atoms with Gasteiger partial charge in [-0.15, -0.1) is 6.58 Å². The Hall–Kier alpha value is -2.50. The normalized spacial score (nSPS) is 26.4. The van der Waals surface area contributed by atoms with Crippen molar-refractivity contribution in [1.82, 2.24) is 4.90 Å². The molecule has 0 unspecified atom stereocenters. The summed E-state index contributed by atoms with van der Waals surface area (Å²) in [4.78, 5) is 36.8. The van der Waals surface area contributed by atoms with Crippen molar-refractivity contribution in [1.29, 1.82) is 0 Å². The molecule has 6 nitrogen and oxygen atoms in total. The van der Waals surface area contributed by atoms with Crippen molar-refractivity contribution in [2.24, 2.45) is 11.3 Å². The van der Waals surface area contributed by atoms with Crippen molar-refractivity contribution in [3.8, 4) is 0 Å². The number of nitro benzene ring substituents is 1. The van der Waals surface area contributed by atoms with Crippen molar-refractivity contribution in [2.45, 2.75) is 6.42 Å². The maximum atomic E-state index is 12.6. The summed E-state index contributed by atoms with van der Waals surface area (Å²) in [6.45, 7) is 4.64. The van der Waals surface area contributed by atoms with Crippen LogP contribution in [0.25, 0.3) is 0 Å². The van der Waals surface area contributed by atoms with Crippen LogP contribution in [0.15, 0.2) is 36.9 Å². The molecule has 21 heavy (non-hydrogen) atoms. The molecule has 1 saturated heterocycles. The zero-order valence-corrected chi connectivity index (χ0v) is 11.3. The smallest absolute Gasteiger partial charge is 0.269 e. The second kappa shape index (κ2) is 4.51. The molecule has 1 saturated carbocycles. The summed E-state index contributed by atoms with van der Waals surface area (Å²) in [5, 5.41) is 10.6. The summed E-state index contributed by atoms with van der Waals surface area (Å²) in [6.07, 6.45) is 2.22. The van der Waals surface area contributed by atoms with Gasteiger partial charge >= 0.3 is 0 Å². The van der Waals surface area contributed by atoms with Crippen LogP contribution in [0.4, 0.5) is 5.69 Å². The Morgan fingerprint density at radius 3 is 2.71 bits per heavy atom. The van der Waals surface area contributed by atoms with Gasteiger partial charge in [-0.1, -0.05) is 6.08 Å². The number of hydrogen-bond donors (Lipinski definition) is 0. The van der Waals surface area contributed by atoms with E-state index >= 15 is 0 Å². The molecule has 1 aromatic rings. The number of carbonyl (C=O) groups excluding carboxylic acids is 2. The highest BCUT2D eigenvalue weighted by Gasteiger charge is 2.70. The number of carbonyl (C=O) groups is 2. The van der Waals surface area contributed by atoms with Gasteiger partial charge in [-0.05, 0) is 24.5 Å². The number of non-ortho nitro benzene ring substituents is 1. The fourth-order valence-electron chi connectivity index (χ4n) is 3.12.